The van der Waals surface area contributed by atoms with E-state index in [0.717, 1.165) is 6.42 Å². The van der Waals surface area contributed by atoms with E-state index in [2.05, 4.69) is 21.4 Å². The Morgan fingerprint density at radius 1 is 1.53 bits per heavy atom. The molecule has 2 aromatic rings. The molecule has 19 heavy (non-hydrogen) atoms. The van der Waals surface area contributed by atoms with E-state index in [1.807, 2.05) is 11.4 Å². The van der Waals surface area contributed by atoms with E-state index in [-0.39, 0.29) is 0 Å². The number of anilines is 1. The van der Waals surface area contributed by atoms with Crippen molar-refractivity contribution in [1.82, 2.24) is 9.97 Å². The molecule has 100 valence electrons. The van der Waals surface area contributed by atoms with E-state index in [9.17, 15) is 4.79 Å². The van der Waals surface area contributed by atoms with Crippen LogP contribution in [0.25, 0.3) is 0 Å². The minimum atomic E-state index is -0.432. The lowest BCUT2D eigenvalue weighted by atomic mass is 10.3. The minimum Gasteiger partial charge on any atom is -0.465 e. The van der Waals surface area contributed by atoms with Crippen molar-refractivity contribution in [3.05, 3.63) is 40.0 Å². The van der Waals surface area contributed by atoms with Gasteiger partial charge in [-0.05, 0) is 24.8 Å². The van der Waals surface area contributed by atoms with Crippen LogP contribution in [0, 0.1) is 6.92 Å². The predicted molar refractivity (Wildman–Crippen MR) is 74.6 cm³/mol. The molecule has 6 heteroatoms. The molecule has 2 rings (SSSR count). The van der Waals surface area contributed by atoms with Gasteiger partial charge >= 0.3 is 5.97 Å². The first-order chi connectivity index (χ1) is 9.20. The number of nitrogens with one attached hydrogen (secondary N) is 1. The van der Waals surface area contributed by atoms with Crippen LogP contribution in [-0.2, 0) is 11.2 Å². The number of aryl methyl sites for hydroxylation is 1. The van der Waals surface area contributed by atoms with Gasteiger partial charge in [-0.3, -0.25) is 0 Å². The van der Waals surface area contributed by atoms with Gasteiger partial charge in [-0.2, -0.15) is 0 Å². The summed E-state index contributed by atoms with van der Waals surface area (Å²) in [6.07, 6.45) is 2.38. The van der Waals surface area contributed by atoms with E-state index in [1.165, 1.54) is 18.2 Å². The molecule has 0 aliphatic heterocycles. The Labute approximate surface area is 115 Å². The Morgan fingerprint density at radius 3 is 3.05 bits per heavy atom. The van der Waals surface area contributed by atoms with E-state index in [1.54, 1.807) is 18.3 Å². The van der Waals surface area contributed by atoms with Crippen LogP contribution in [0.1, 0.15) is 21.1 Å². The third kappa shape index (κ3) is 3.51. The fourth-order valence-corrected chi connectivity index (χ4v) is 2.33. The Morgan fingerprint density at radius 2 is 2.37 bits per heavy atom. The lowest BCUT2D eigenvalue weighted by Gasteiger charge is -2.09. The summed E-state index contributed by atoms with van der Waals surface area (Å²) in [6, 6.07) is 4.10. The molecular weight excluding hydrogens is 262 g/mol. The summed E-state index contributed by atoms with van der Waals surface area (Å²) in [7, 11) is 1.34. The molecule has 0 aliphatic rings. The number of hydrogen-bond acceptors (Lipinski definition) is 6. The van der Waals surface area contributed by atoms with Crippen LogP contribution in [0.3, 0.4) is 0 Å². The predicted octanol–water partition coefficient (Wildman–Crippen LogP) is 2.29. The average molecular weight is 277 g/mol. The van der Waals surface area contributed by atoms with Gasteiger partial charge in [0.2, 0.25) is 0 Å². The molecule has 2 heterocycles. The van der Waals surface area contributed by atoms with Crippen LogP contribution in [0.5, 0.6) is 0 Å². The second kappa shape index (κ2) is 6.29. The molecule has 0 spiro atoms. The topological polar surface area (TPSA) is 64.1 Å². The number of thiophene rings is 1. The van der Waals surface area contributed by atoms with E-state index in [0.29, 0.717) is 23.8 Å². The summed E-state index contributed by atoms with van der Waals surface area (Å²) >= 11 is 1.71. The molecule has 0 radical (unpaired) electrons. The van der Waals surface area contributed by atoms with Crippen molar-refractivity contribution in [1.29, 1.82) is 0 Å². The number of rotatable bonds is 5. The van der Waals surface area contributed by atoms with Gasteiger partial charge in [0.1, 0.15) is 17.2 Å². The molecule has 0 amide bonds. The molecule has 0 bridgehead atoms. The van der Waals surface area contributed by atoms with Crippen molar-refractivity contribution in [2.24, 2.45) is 0 Å². The van der Waals surface area contributed by atoms with Gasteiger partial charge in [0.15, 0.2) is 0 Å². The Bertz CT molecular complexity index is 555. The van der Waals surface area contributed by atoms with Crippen molar-refractivity contribution in [3.63, 3.8) is 0 Å². The Balaban J connectivity index is 2.05. The van der Waals surface area contributed by atoms with E-state index < -0.39 is 5.97 Å². The van der Waals surface area contributed by atoms with E-state index in [4.69, 9.17) is 4.74 Å². The third-order valence-electron chi connectivity index (χ3n) is 2.56. The number of carbonyl (C=O) groups is 1. The average Bonchev–Trinajstić information content (AvgIpc) is 2.91. The summed E-state index contributed by atoms with van der Waals surface area (Å²) < 4.78 is 4.71. The highest BCUT2D eigenvalue weighted by Crippen LogP contribution is 2.14. The molecule has 0 unspecified atom stereocenters. The summed E-state index contributed by atoms with van der Waals surface area (Å²) in [6.45, 7) is 2.49. The summed E-state index contributed by atoms with van der Waals surface area (Å²) in [5, 5.41) is 5.21. The lowest BCUT2D eigenvalue weighted by molar-refractivity contribution is 0.0601. The molecular formula is C13H15N3O2S. The second-order valence-electron chi connectivity index (χ2n) is 3.93. The fraction of sp³-hybridized carbons (Fsp3) is 0.308. The number of carbonyl (C=O) groups excluding carboxylic acids is 1. The first-order valence-corrected chi connectivity index (χ1v) is 6.77. The van der Waals surface area contributed by atoms with Crippen molar-refractivity contribution >= 4 is 23.1 Å². The maximum atomic E-state index is 11.6. The van der Waals surface area contributed by atoms with Crippen LogP contribution in [-0.4, -0.2) is 29.6 Å². The molecule has 0 aromatic carbocycles. The molecule has 0 fully saturated rings. The molecule has 0 aliphatic carbocycles. The fourth-order valence-electron chi connectivity index (χ4n) is 1.62. The van der Waals surface area contributed by atoms with Crippen molar-refractivity contribution < 1.29 is 9.53 Å². The van der Waals surface area contributed by atoms with Gasteiger partial charge < -0.3 is 10.1 Å². The minimum absolute atomic E-state index is 0.360. The van der Waals surface area contributed by atoms with Crippen LogP contribution < -0.4 is 5.32 Å². The number of ether oxygens (including phenoxy) is 1. The molecule has 0 atom stereocenters. The smallest absolute Gasteiger partial charge is 0.343 e. The molecule has 1 N–H and O–H groups in total. The van der Waals surface area contributed by atoms with Crippen LogP contribution in [0.4, 0.5) is 5.82 Å². The van der Waals surface area contributed by atoms with E-state index >= 15 is 0 Å². The quantitative estimate of drug-likeness (QED) is 0.849. The van der Waals surface area contributed by atoms with Gasteiger partial charge in [0, 0.05) is 17.6 Å². The Hall–Kier alpha value is -1.95. The Kier molecular flexibility index (Phi) is 4.46. The lowest BCUT2D eigenvalue weighted by Crippen LogP contribution is -2.13. The van der Waals surface area contributed by atoms with Crippen LogP contribution in [0.2, 0.25) is 0 Å². The first-order valence-electron chi connectivity index (χ1n) is 5.89. The summed E-state index contributed by atoms with van der Waals surface area (Å²) in [5.74, 6) is 0.709. The number of nitrogens with zero attached hydrogens (tertiary/aromatic N) is 2. The monoisotopic (exact) mass is 277 g/mol. The number of hydrogen-bond donors (Lipinski definition) is 1. The highest BCUT2D eigenvalue weighted by molar-refractivity contribution is 7.09. The molecule has 0 saturated carbocycles. The second-order valence-corrected chi connectivity index (χ2v) is 4.96. The van der Waals surface area contributed by atoms with Crippen molar-refractivity contribution in [2.45, 2.75) is 13.3 Å². The number of esters is 1. The maximum Gasteiger partial charge on any atom is 0.343 e. The van der Waals surface area contributed by atoms with Crippen LogP contribution >= 0.6 is 11.3 Å². The number of aromatic nitrogens is 2. The summed E-state index contributed by atoms with van der Waals surface area (Å²) in [4.78, 5) is 21.1. The normalized spacial score (nSPS) is 10.2. The largest absolute Gasteiger partial charge is 0.465 e. The zero-order valence-electron chi connectivity index (χ0n) is 10.8. The third-order valence-corrected chi connectivity index (χ3v) is 3.49. The van der Waals surface area contributed by atoms with Gasteiger partial charge in [0.25, 0.3) is 0 Å². The van der Waals surface area contributed by atoms with Crippen molar-refractivity contribution in [3.8, 4) is 0 Å². The zero-order chi connectivity index (χ0) is 13.7. The standard InChI is InChI=1S/C13H15N3O2S/c1-9-15-8-11(13(17)18-2)12(16-9)14-6-5-10-4-3-7-19-10/h3-4,7-8H,5-6H2,1-2H3,(H,14,15,16). The zero-order valence-corrected chi connectivity index (χ0v) is 11.7. The number of methoxy groups -OCH3 is 1. The highest BCUT2D eigenvalue weighted by atomic mass is 32.1. The van der Waals surface area contributed by atoms with Gasteiger partial charge in [-0.15, -0.1) is 11.3 Å². The highest BCUT2D eigenvalue weighted by Gasteiger charge is 2.13. The molecule has 2 aromatic heterocycles. The summed E-state index contributed by atoms with van der Waals surface area (Å²) in [5.41, 5.74) is 0.360. The van der Waals surface area contributed by atoms with Gasteiger partial charge in [0.05, 0.1) is 7.11 Å². The first kappa shape index (κ1) is 13.5. The maximum absolute atomic E-state index is 11.6. The van der Waals surface area contributed by atoms with Gasteiger partial charge in [-0.25, -0.2) is 14.8 Å². The molecule has 5 nitrogen and oxygen atoms in total. The molecule has 0 saturated heterocycles. The van der Waals surface area contributed by atoms with Crippen LogP contribution in [0.15, 0.2) is 23.7 Å². The van der Waals surface area contributed by atoms with Gasteiger partial charge in [-0.1, -0.05) is 6.07 Å². The van der Waals surface area contributed by atoms with Crippen molar-refractivity contribution in [2.75, 3.05) is 19.0 Å². The SMILES string of the molecule is COC(=O)c1cnc(C)nc1NCCc1cccs1.